The van der Waals surface area contributed by atoms with Crippen LogP contribution in [0.3, 0.4) is 0 Å². The van der Waals surface area contributed by atoms with E-state index in [4.69, 9.17) is 17.3 Å². The van der Waals surface area contributed by atoms with Gasteiger partial charge in [0.2, 0.25) is 5.95 Å². The van der Waals surface area contributed by atoms with Gasteiger partial charge in [0.05, 0.1) is 23.3 Å². The number of nitrogen functional groups attached to an aromatic ring is 1. The third kappa shape index (κ3) is 2.97. The second-order valence-corrected chi connectivity index (χ2v) is 7.21. The Kier molecular flexibility index (Phi) is 4.47. The summed E-state index contributed by atoms with van der Waals surface area (Å²) in [4.78, 5) is 13.2. The Hall–Kier alpha value is -3.06. The first-order chi connectivity index (χ1) is 13.4. The number of nitrogens with zero attached hydrogens (tertiary/aromatic N) is 4. The van der Waals surface area contributed by atoms with Crippen LogP contribution in [0.1, 0.15) is 17.0 Å². The summed E-state index contributed by atoms with van der Waals surface area (Å²) in [5, 5.41) is 11.2. The van der Waals surface area contributed by atoms with Crippen LogP contribution in [0.25, 0.3) is 22.2 Å². The van der Waals surface area contributed by atoms with Crippen LogP contribution in [0.5, 0.6) is 5.75 Å². The summed E-state index contributed by atoms with van der Waals surface area (Å²) >= 11 is 6.44. The van der Waals surface area contributed by atoms with E-state index < -0.39 is 0 Å². The molecule has 0 unspecified atom stereocenters. The van der Waals surface area contributed by atoms with Gasteiger partial charge in [-0.25, -0.2) is 4.98 Å². The van der Waals surface area contributed by atoms with Gasteiger partial charge in [0.25, 0.3) is 0 Å². The predicted octanol–water partition coefficient (Wildman–Crippen LogP) is 2.36. The molecule has 3 N–H and O–H groups in total. The minimum atomic E-state index is 0.124. The number of rotatable bonds is 3. The number of hydrogen-bond donors (Lipinski definition) is 2. The molecule has 0 bridgehead atoms. The van der Waals surface area contributed by atoms with Crippen molar-refractivity contribution in [2.45, 2.75) is 20.4 Å². The van der Waals surface area contributed by atoms with Crippen LogP contribution in [0.2, 0.25) is 5.15 Å². The average molecular weight is 392 g/mol. The first-order valence-corrected chi connectivity index (χ1v) is 9.27. The van der Waals surface area contributed by atoms with Gasteiger partial charge in [0.1, 0.15) is 24.4 Å². The number of nitrogens with two attached hydrogens (primary N) is 1. The van der Waals surface area contributed by atoms with Crippen molar-refractivity contribution in [2.75, 3.05) is 5.73 Å². The first kappa shape index (κ1) is 18.3. The quantitative estimate of drug-likeness (QED) is 0.413. The largest absolute Gasteiger partial charge is 0.506 e. The molecule has 8 heteroatoms. The maximum absolute atomic E-state index is 10.2. The standard InChI is InChI=1S/C20H19BClN5O/c1-10-16(21)14(24-11(2)17(10)28)9-27-8-13(12-6-4-3-5-7-12)15-18(22)25-20(23)26-19(15)27/h3-8,28H,9,21H2,1-2H3,(H2,23,25,26). The van der Waals surface area contributed by atoms with Crippen molar-refractivity contribution >= 4 is 41.9 Å². The monoisotopic (exact) mass is 391 g/mol. The summed E-state index contributed by atoms with van der Waals surface area (Å²) < 4.78 is 1.98. The van der Waals surface area contributed by atoms with Gasteiger partial charge < -0.3 is 15.4 Å². The van der Waals surface area contributed by atoms with Gasteiger partial charge in [0.15, 0.2) is 0 Å². The number of fused-ring (bicyclic) bond motifs is 1. The van der Waals surface area contributed by atoms with Gasteiger partial charge >= 0.3 is 0 Å². The molecule has 0 aliphatic carbocycles. The Morgan fingerprint density at radius 2 is 1.86 bits per heavy atom. The van der Waals surface area contributed by atoms with Gasteiger partial charge in [-0.2, -0.15) is 4.98 Å². The summed E-state index contributed by atoms with van der Waals surface area (Å²) in [5.74, 6) is 0.359. The Balaban J connectivity index is 1.94. The van der Waals surface area contributed by atoms with E-state index in [-0.39, 0.29) is 11.7 Å². The molecule has 140 valence electrons. The Morgan fingerprint density at radius 1 is 1.14 bits per heavy atom. The van der Waals surface area contributed by atoms with Crippen molar-refractivity contribution in [1.82, 2.24) is 19.5 Å². The van der Waals surface area contributed by atoms with Gasteiger partial charge in [-0.05, 0) is 25.0 Å². The molecule has 4 aromatic rings. The van der Waals surface area contributed by atoms with Crippen molar-refractivity contribution in [3.63, 3.8) is 0 Å². The minimum absolute atomic E-state index is 0.124. The second kappa shape index (κ2) is 6.84. The molecule has 3 aromatic heterocycles. The van der Waals surface area contributed by atoms with Gasteiger partial charge in [0, 0.05) is 11.8 Å². The fraction of sp³-hybridized carbons (Fsp3) is 0.150. The van der Waals surface area contributed by atoms with Crippen molar-refractivity contribution in [3.8, 4) is 16.9 Å². The zero-order valence-electron chi connectivity index (χ0n) is 15.9. The lowest BCUT2D eigenvalue weighted by Gasteiger charge is -2.13. The number of aromatic nitrogens is 4. The van der Waals surface area contributed by atoms with Crippen LogP contribution in [0, 0.1) is 13.8 Å². The van der Waals surface area contributed by atoms with E-state index in [9.17, 15) is 5.11 Å². The highest BCUT2D eigenvalue weighted by Gasteiger charge is 2.18. The number of aromatic hydroxyl groups is 1. The van der Waals surface area contributed by atoms with Crippen molar-refractivity contribution in [2.24, 2.45) is 0 Å². The van der Waals surface area contributed by atoms with Gasteiger partial charge in [-0.15, -0.1) is 0 Å². The topological polar surface area (TPSA) is 89.9 Å². The SMILES string of the molecule is Bc1c(Cn2cc(-c3ccccc3)c3c(Cl)nc(N)nc32)nc(C)c(O)c1C. The van der Waals surface area contributed by atoms with Gasteiger partial charge in [-0.3, -0.25) is 4.98 Å². The van der Waals surface area contributed by atoms with Crippen LogP contribution < -0.4 is 11.2 Å². The summed E-state index contributed by atoms with van der Waals surface area (Å²) in [5.41, 5.74) is 11.7. The van der Waals surface area contributed by atoms with E-state index in [0.717, 1.165) is 33.2 Å². The highest BCUT2D eigenvalue weighted by molar-refractivity contribution is 6.35. The molecular formula is C20H19BClN5O. The highest BCUT2D eigenvalue weighted by atomic mass is 35.5. The number of anilines is 1. The zero-order chi connectivity index (χ0) is 20.0. The van der Waals surface area contributed by atoms with Crippen LogP contribution in [-0.2, 0) is 6.54 Å². The normalized spacial score (nSPS) is 11.2. The Morgan fingerprint density at radius 3 is 2.57 bits per heavy atom. The number of pyridine rings is 1. The third-order valence-electron chi connectivity index (χ3n) is 5.09. The molecule has 0 saturated heterocycles. The Bertz CT molecular complexity index is 1210. The number of halogens is 1. The molecule has 0 amide bonds. The fourth-order valence-corrected chi connectivity index (χ4v) is 3.71. The fourth-order valence-electron chi connectivity index (χ4n) is 3.44. The lowest BCUT2D eigenvalue weighted by Crippen LogP contribution is -2.20. The smallest absolute Gasteiger partial charge is 0.223 e. The third-order valence-corrected chi connectivity index (χ3v) is 5.36. The van der Waals surface area contributed by atoms with Crippen molar-refractivity contribution in [1.29, 1.82) is 0 Å². The van der Waals surface area contributed by atoms with Crippen LogP contribution >= 0.6 is 11.6 Å². The van der Waals surface area contributed by atoms with Gasteiger partial charge in [-0.1, -0.05) is 47.4 Å². The summed E-state index contributed by atoms with van der Waals surface area (Å²) in [6.45, 7) is 4.17. The molecule has 0 fully saturated rings. The molecule has 3 heterocycles. The lowest BCUT2D eigenvalue weighted by atomic mass is 9.88. The summed E-state index contributed by atoms with van der Waals surface area (Å²) in [6.07, 6.45) is 2.00. The number of hydrogen-bond acceptors (Lipinski definition) is 5. The minimum Gasteiger partial charge on any atom is -0.506 e. The van der Waals surface area contributed by atoms with Crippen LogP contribution in [-0.4, -0.2) is 32.5 Å². The zero-order valence-corrected chi connectivity index (χ0v) is 16.6. The molecular weight excluding hydrogens is 373 g/mol. The van der Waals surface area contributed by atoms with Crippen LogP contribution in [0.15, 0.2) is 36.5 Å². The lowest BCUT2D eigenvalue weighted by molar-refractivity contribution is 0.463. The molecule has 0 atom stereocenters. The summed E-state index contributed by atoms with van der Waals surface area (Å²) in [6, 6.07) is 9.95. The molecule has 4 rings (SSSR count). The predicted molar refractivity (Wildman–Crippen MR) is 115 cm³/mol. The molecule has 28 heavy (non-hydrogen) atoms. The highest BCUT2D eigenvalue weighted by Crippen LogP contribution is 2.34. The molecule has 1 aromatic carbocycles. The van der Waals surface area contributed by atoms with E-state index in [1.807, 2.05) is 55.9 Å². The molecule has 6 nitrogen and oxygen atoms in total. The molecule has 0 saturated carbocycles. The number of benzene rings is 1. The Labute approximate surface area is 168 Å². The molecule has 0 spiro atoms. The van der Waals surface area contributed by atoms with Crippen LogP contribution in [0.4, 0.5) is 5.95 Å². The number of aryl methyl sites for hydroxylation is 1. The average Bonchev–Trinajstić information content (AvgIpc) is 3.03. The maximum atomic E-state index is 10.2. The maximum Gasteiger partial charge on any atom is 0.223 e. The van der Waals surface area contributed by atoms with E-state index >= 15 is 0 Å². The van der Waals surface area contributed by atoms with E-state index in [1.165, 1.54) is 0 Å². The molecule has 0 aliphatic rings. The molecule has 0 aliphatic heterocycles. The van der Waals surface area contributed by atoms with Crippen molar-refractivity contribution in [3.05, 3.63) is 58.6 Å². The summed E-state index contributed by atoms with van der Waals surface area (Å²) in [7, 11) is 1.96. The second-order valence-electron chi connectivity index (χ2n) is 6.85. The molecule has 0 radical (unpaired) electrons. The van der Waals surface area contributed by atoms with Crippen molar-refractivity contribution < 1.29 is 5.11 Å². The van der Waals surface area contributed by atoms with E-state index in [1.54, 1.807) is 6.92 Å². The van der Waals surface area contributed by atoms with E-state index in [0.29, 0.717) is 23.0 Å². The van der Waals surface area contributed by atoms with E-state index in [2.05, 4.69) is 15.0 Å². The first-order valence-electron chi connectivity index (χ1n) is 8.89.